The zero-order valence-electron chi connectivity index (χ0n) is 16.1. The van der Waals surface area contributed by atoms with Gasteiger partial charge in [0.25, 0.3) is 0 Å². The topological polar surface area (TPSA) is 58.0 Å². The van der Waals surface area contributed by atoms with E-state index in [1.54, 1.807) is 11.3 Å². The molecule has 3 aromatic heterocycles. The monoisotopic (exact) mass is 423 g/mol. The molecule has 2 aromatic carbocycles. The Bertz CT molecular complexity index is 1240. The number of fused-ring (bicyclic) bond motifs is 2. The van der Waals surface area contributed by atoms with E-state index >= 15 is 0 Å². The highest BCUT2D eigenvalue weighted by Crippen LogP contribution is 2.26. The van der Waals surface area contributed by atoms with Gasteiger partial charge in [-0.3, -0.25) is 0 Å². The van der Waals surface area contributed by atoms with Crippen LogP contribution in [0.4, 0.5) is 0 Å². The Kier molecular flexibility index (Phi) is 5.67. The van der Waals surface area contributed by atoms with Crippen molar-refractivity contribution in [3.8, 4) is 11.3 Å². The SMILES string of the molecule is Cc1nn2c(CNCCc3c[nH]c4ccccc34)c(-c3ccccc3)nc2s1.Cl. The Morgan fingerprint density at radius 2 is 1.86 bits per heavy atom. The minimum absolute atomic E-state index is 0. The standard InChI is InChI=1S/C22H21N5S.ClH/c1-15-26-27-20(21(25-22(27)28-15)16-7-3-2-4-8-16)14-23-12-11-17-13-24-19-10-6-5-9-18(17)19;/h2-10,13,23-24H,11-12,14H2,1H3;1H. The molecule has 0 spiro atoms. The number of aromatic nitrogens is 4. The molecule has 0 fully saturated rings. The zero-order chi connectivity index (χ0) is 18.9. The summed E-state index contributed by atoms with van der Waals surface area (Å²) >= 11 is 1.63. The molecule has 3 heterocycles. The van der Waals surface area contributed by atoms with Gasteiger partial charge in [0.1, 0.15) is 5.01 Å². The summed E-state index contributed by atoms with van der Waals surface area (Å²) in [7, 11) is 0. The van der Waals surface area contributed by atoms with E-state index in [0.717, 1.165) is 46.4 Å². The van der Waals surface area contributed by atoms with Crippen LogP contribution in [0.2, 0.25) is 0 Å². The van der Waals surface area contributed by atoms with Crippen LogP contribution in [0.25, 0.3) is 27.1 Å². The van der Waals surface area contributed by atoms with Crippen molar-refractivity contribution in [1.82, 2.24) is 24.9 Å². The first-order chi connectivity index (χ1) is 13.8. The average Bonchev–Trinajstić information content (AvgIpc) is 3.39. The smallest absolute Gasteiger partial charge is 0.213 e. The van der Waals surface area contributed by atoms with Crippen molar-refractivity contribution in [2.75, 3.05) is 6.54 Å². The van der Waals surface area contributed by atoms with Crippen LogP contribution in [0, 0.1) is 6.92 Å². The van der Waals surface area contributed by atoms with Crippen molar-refractivity contribution in [1.29, 1.82) is 0 Å². The van der Waals surface area contributed by atoms with E-state index in [4.69, 9.17) is 4.98 Å². The minimum Gasteiger partial charge on any atom is -0.361 e. The highest BCUT2D eigenvalue weighted by molar-refractivity contribution is 7.16. The molecule has 0 aliphatic carbocycles. The van der Waals surface area contributed by atoms with E-state index in [0.29, 0.717) is 0 Å². The summed E-state index contributed by atoms with van der Waals surface area (Å²) in [6.07, 6.45) is 3.09. The second-order valence-electron chi connectivity index (χ2n) is 6.87. The number of halogens is 1. The Morgan fingerprint density at radius 3 is 2.72 bits per heavy atom. The van der Waals surface area contributed by atoms with Gasteiger partial charge in [-0.05, 0) is 31.5 Å². The molecule has 0 bridgehead atoms. The van der Waals surface area contributed by atoms with Gasteiger partial charge >= 0.3 is 0 Å². The molecule has 0 unspecified atom stereocenters. The Balaban J connectivity index is 0.00000205. The fourth-order valence-corrected chi connectivity index (χ4v) is 4.40. The predicted molar refractivity (Wildman–Crippen MR) is 122 cm³/mol. The molecular weight excluding hydrogens is 402 g/mol. The van der Waals surface area contributed by atoms with Crippen molar-refractivity contribution in [3.63, 3.8) is 0 Å². The van der Waals surface area contributed by atoms with Crippen molar-refractivity contribution in [3.05, 3.63) is 77.1 Å². The second-order valence-corrected chi connectivity index (χ2v) is 8.03. The van der Waals surface area contributed by atoms with E-state index in [1.165, 1.54) is 16.5 Å². The summed E-state index contributed by atoms with van der Waals surface area (Å²) in [6.45, 7) is 3.65. The molecule has 7 heteroatoms. The normalized spacial score (nSPS) is 11.2. The summed E-state index contributed by atoms with van der Waals surface area (Å²) in [5.41, 5.74) is 5.79. The van der Waals surface area contributed by atoms with Gasteiger partial charge in [-0.15, -0.1) is 12.4 Å². The number of para-hydroxylation sites is 1. The lowest BCUT2D eigenvalue weighted by Gasteiger charge is -2.06. The Morgan fingerprint density at radius 1 is 1.07 bits per heavy atom. The fourth-order valence-electron chi connectivity index (χ4n) is 3.64. The lowest BCUT2D eigenvalue weighted by molar-refractivity contribution is 0.662. The maximum atomic E-state index is 4.85. The van der Waals surface area contributed by atoms with Gasteiger partial charge in [-0.1, -0.05) is 59.9 Å². The number of aromatic amines is 1. The van der Waals surface area contributed by atoms with Crippen molar-refractivity contribution < 1.29 is 0 Å². The van der Waals surface area contributed by atoms with Gasteiger partial charge in [-0.2, -0.15) is 5.10 Å². The maximum absolute atomic E-state index is 4.85. The third-order valence-electron chi connectivity index (χ3n) is 4.98. The molecule has 0 aliphatic rings. The lowest BCUT2D eigenvalue weighted by atomic mass is 10.1. The van der Waals surface area contributed by atoms with Crippen molar-refractivity contribution in [2.24, 2.45) is 0 Å². The summed E-state index contributed by atoms with van der Waals surface area (Å²) in [4.78, 5) is 9.15. The molecule has 29 heavy (non-hydrogen) atoms. The minimum atomic E-state index is 0. The van der Waals surface area contributed by atoms with Gasteiger partial charge in [-0.25, -0.2) is 9.50 Å². The molecular formula is C22H22ClN5S. The van der Waals surface area contributed by atoms with Gasteiger partial charge in [0.05, 0.1) is 11.4 Å². The van der Waals surface area contributed by atoms with Crippen LogP contribution >= 0.6 is 23.7 Å². The van der Waals surface area contributed by atoms with Crippen LogP contribution in [0.5, 0.6) is 0 Å². The number of H-pyrrole nitrogens is 1. The number of imidazole rings is 1. The Hall–Kier alpha value is -2.67. The molecule has 148 valence electrons. The summed E-state index contributed by atoms with van der Waals surface area (Å²) in [6, 6.07) is 18.8. The molecule has 0 saturated heterocycles. The number of nitrogens with zero attached hydrogens (tertiary/aromatic N) is 3. The number of benzene rings is 2. The quantitative estimate of drug-likeness (QED) is 0.378. The van der Waals surface area contributed by atoms with Gasteiger partial charge in [0.2, 0.25) is 4.96 Å². The predicted octanol–water partition coefficient (Wildman–Crippen LogP) is 5.00. The average molecular weight is 424 g/mol. The summed E-state index contributed by atoms with van der Waals surface area (Å²) in [5.74, 6) is 0. The molecule has 5 rings (SSSR count). The van der Waals surface area contributed by atoms with Gasteiger partial charge < -0.3 is 10.3 Å². The Labute approximate surface area is 179 Å². The number of rotatable bonds is 6. The third kappa shape index (κ3) is 3.79. The zero-order valence-corrected chi connectivity index (χ0v) is 17.7. The van der Waals surface area contributed by atoms with Crippen LogP contribution in [-0.4, -0.2) is 26.1 Å². The maximum Gasteiger partial charge on any atom is 0.213 e. The molecule has 5 aromatic rings. The molecule has 0 aliphatic heterocycles. The number of hydrogen-bond donors (Lipinski definition) is 2. The highest BCUT2D eigenvalue weighted by Gasteiger charge is 2.16. The number of hydrogen-bond acceptors (Lipinski definition) is 4. The van der Waals surface area contributed by atoms with E-state index < -0.39 is 0 Å². The van der Waals surface area contributed by atoms with Gasteiger partial charge in [0.15, 0.2) is 0 Å². The van der Waals surface area contributed by atoms with Crippen LogP contribution in [-0.2, 0) is 13.0 Å². The van der Waals surface area contributed by atoms with Crippen molar-refractivity contribution >= 4 is 39.6 Å². The van der Waals surface area contributed by atoms with E-state index in [1.807, 2.05) is 17.5 Å². The van der Waals surface area contributed by atoms with E-state index in [-0.39, 0.29) is 12.4 Å². The lowest BCUT2D eigenvalue weighted by Crippen LogP contribution is -2.18. The molecule has 0 atom stereocenters. The summed E-state index contributed by atoms with van der Waals surface area (Å²) < 4.78 is 1.99. The molecule has 5 nitrogen and oxygen atoms in total. The first-order valence-electron chi connectivity index (χ1n) is 9.46. The third-order valence-corrected chi connectivity index (χ3v) is 5.81. The molecule has 0 saturated carbocycles. The van der Waals surface area contributed by atoms with Crippen LogP contribution in [0.15, 0.2) is 60.8 Å². The van der Waals surface area contributed by atoms with Crippen LogP contribution < -0.4 is 5.32 Å². The first kappa shape index (κ1) is 19.6. The molecule has 2 N–H and O–H groups in total. The molecule has 0 radical (unpaired) electrons. The number of aryl methyl sites for hydroxylation is 1. The van der Waals surface area contributed by atoms with E-state index in [9.17, 15) is 0 Å². The van der Waals surface area contributed by atoms with E-state index in [2.05, 4.69) is 70.1 Å². The fraction of sp³-hybridized carbons (Fsp3) is 0.182. The summed E-state index contributed by atoms with van der Waals surface area (Å²) in [5, 5.41) is 10.6. The highest BCUT2D eigenvalue weighted by atomic mass is 35.5. The van der Waals surface area contributed by atoms with Gasteiger partial charge in [0, 0.05) is 29.2 Å². The van der Waals surface area contributed by atoms with Crippen molar-refractivity contribution in [2.45, 2.75) is 19.9 Å². The van der Waals surface area contributed by atoms with Crippen LogP contribution in [0.3, 0.4) is 0 Å². The largest absolute Gasteiger partial charge is 0.361 e. The van der Waals surface area contributed by atoms with Crippen LogP contribution in [0.1, 0.15) is 16.3 Å². The molecule has 0 amide bonds. The number of nitrogens with one attached hydrogen (secondary N) is 2. The first-order valence-corrected chi connectivity index (χ1v) is 10.3. The second kappa shape index (κ2) is 8.37.